The highest BCUT2D eigenvalue weighted by molar-refractivity contribution is 7.87. The van der Waals surface area contributed by atoms with Gasteiger partial charge in [0.15, 0.2) is 0 Å². The Labute approximate surface area is 116 Å². The zero-order valence-corrected chi connectivity index (χ0v) is 12.5. The van der Waals surface area contributed by atoms with E-state index in [-0.39, 0.29) is 18.7 Å². The Morgan fingerprint density at radius 2 is 1.84 bits per heavy atom. The minimum atomic E-state index is -3.45. The van der Waals surface area contributed by atoms with Crippen LogP contribution in [0.1, 0.15) is 51.9 Å². The average Bonchev–Trinajstić information content (AvgIpc) is 2.41. The minimum Gasteiger partial charge on any atom is -0.395 e. The van der Waals surface area contributed by atoms with Crippen molar-refractivity contribution >= 4 is 10.2 Å². The maximum atomic E-state index is 12.5. The first-order chi connectivity index (χ1) is 9.04. The summed E-state index contributed by atoms with van der Waals surface area (Å²) in [7, 11) is -3.45. The van der Waals surface area contributed by atoms with Gasteiger partial charge in [-0.15, -0.1) is 0 Å². The average molecular weight is 290 g/mol. The van der Waals surface area contributed by atoms with Gasteiger partial charge in [0.05, 0.1) is 6.61 Å². The summed E-state index contributed by atoms with van der Waals surface area (Å²) in [6, 6.07) is -0.190. The van der Waals surface area contributed by atoms with Gasteiger partial charge in [-0.3, -0.25) is 0 Å². The van der Waals surface area contributed by atoms with Gasteiger partial charge in [0.2, 0.25) is 0 Å². The van der Waals surface area contributed by atoms with Crippen molar-refractivity contribution in [2.75, 3.05) is 13.2 Å². The summed E-state index contributed by atoms with van der Waals surface area (Å²) in [6.45, 7) is 2.56. The molecule has 0 aromatic heterocycles. The fraction of sp³-hybridized carbons (Fsp3) is 1.00. The number of nitrogens with zero attached hydrogens (tertiary/aromatic N) is 1. The molecule has 2 N–H and O–H groups in total. The number of hydrogen-bond donors (Lipinski definition) is 2. The molecule has 2 aliphatic rings. The lowest BCUT2D eigenvalue weighted by Gasteiger charge is -2.36. The molecule has 0 aromatic carbocycles. The van der Waals surface area contributed by atoms with Crippen LogP contribution in [0.25, 0.3) is 0 Å². The van der Waals surface area contributed by atoms with E-state index < -0.39 is 10.2 Å². The standard InChI is InChI=1S/C13H26N2O3S/c1-11-6-2-3-8-13(11)14-19(17,18)15-9-5-4-7-12(15)10-16/h11-14,16H,2-10H2,1H3. The topological polar surface area (TPSA) is 69.6 Å². The fourth-order valence-corrected chi connectivity index (χ4v) is 5.03. The molecule has 1 saturated heterocycles. The number of aliphatic hydroxyl groups is 1. The van der Waals surface area contributed by atoms with Crippen LogP contribution in [0.2, 0.25) is 0 Å². The molecular formula is C13H26N2O3S. The predicted octanol–water partition coefficient (Wildman–Crippen LogP) is 1.25. The second kappa shape index (κ2) is 6.52. The van der Waals surface area contributed by atoms with Crippen molar-refractivity contribution in [2.45, 2.75) is 64.0 Å². The number of aliphatic hydroxyl groups excluding tert-OH is 1. The van der Waals surface area contributed by atoms with E-state index in [0.717, 1.165) is 38.5 Å². The van der Waals surface area contributed by atoms with Gasteiger partial charge in [-0.2, -0.15) is 17.4 Å². The van der Waals surface area contributed by atoms with Gasteiger partial charge in [-0.05, 0) is 31.6 Å². The summed E-state index contributed by atoms with van der Waals surface area (Å²) in [5.41, 5.74) is 0. The van der Waals surface area contributed by atoms with Gasteiger partial charge < -0.3 is 5.11 Å². The summed E-state index contributed by atoms with van der Waals surface area (Å²) in [5, 5.41) is 9.35. The molecule has 1 aliphatic carbocycles. The van der Waals surface area contributed by atoms with Gasteiger partial charge in [-0.1, -0.05) is 26.2 Å². The van der Waals surface area contributed by atoms with Crippen LogP contribution in [0.15, 0.2) is 0 Å². The van der Waals surface area contributed by atoms with E-state index in [1.807, 2.05) is 0 Å². The number of hydrogen-bond acceptors (Lipinski definition) is 3. The molecule has 1 aliphatic heterocycles. The van der Waals surface area contributed by atoms with Gasteiger partial charge in [0, 0.05) is 18.6 Å². The first kappa shape index (κ1) is 15.2. The molecule has 3 unspecified atom stereocenters. The van der Waals surface area contributed by atoms with Crippen LogP contribution in [0.3, 0.4) is 0 Å². The Morgan fingerprint density at radius 3 is 2.53 bits per heavy atom. The van der Waals surface area contributed by atoms with Crippen molar-refractivity contribution in [3.63, 3.8) is 0 Å². The van der Waals surface area contributed by atoms with Crippen molar-refractivity contribution in [3.8, 4) is 0 Å². The molecule has 0 bridgehead atoms. The lowest BCUT2D eigenvalue weighted by atomic mass is 9.87. The van der Waals surface area contributed by atoms with E-state index in [4.69, 9.17) is 0 Å². The molecule has 19 heavy (non-hydrogen) atoms. The largest absolute Gasteiger partial charge is 0.395 e. The fourth-order valence-electron chi connectivity index (χ4n) is 3.22. The van der Waals surface area contributed by atoms with Gasteiger partial charge >= 0.3 is 0 Å². The number of piperidine rings is 1. The Bertz CT molecular complexity index is 385. The summed E-state index contributed by atoms with van der Waals surface area (Å²) >= 11 is 0. The van der Waals surface area contributed by atoms with Crippen molar-refractivity contribution < 1.29 is 13.5 Å². The van der Waals surface area contributed by atoms with Crippen LogP contribution in [-0.2, 0) is 10.2 Å². The summed E-state index contributed by atoms with van der Waals surface area (Å²) in [5.74, 6) is 0.404. The lowest BCUT2D eigenvalue weighted by Crippen LogP contribution is -2.54. The molecule has 1 heterocycles. The molecule has 3 atom stereocenters. The maximum absolute atomic E-state index is 12.5. The Hall–Kier alpha value is -0.170. The van der Waals surface area contributed by atoms with E-state index >= 15 is 0 Å². The normalized spacial score (nSPS) is 34.3. The summed E-state index contributed by atoms with van der Waals surface area (Å²) in [6.07, 6.45) is 6.96. The van der Waals surface area contributed by atoms with Crippen LogP contribution in [0, 0.1) is 5.92 Å². The van der Waals surface area contributed by atoms with Crippen LogP contribution < -0.4 is 4.72 Å². The van der Waals surface area contributed by atoms with Crippen molar-refractivity contribution in [1.29, 1.82) is 0 Å². The van der Waals surface area contributed by atoms with Crippen molar-refractivity contribution in [3.05, 3.63) is 0 Å². The van der Waals surface area contributed by atoms with Crippen LogP contribution in [-0.4, -0.2) is 43.1 Å². The van der Waals surface area contributed by atoms with E-state index in [1.54, 1.807) is 0 Å². The third-order valence-corrected chi connectivity index (χ3v) is 6.20. The molecule has 112 valence electrons. The van der Waals surface area contributed by atoms with E-state index in [1.165, 1.54) is 10.7 Å². The van der Waals surface area contributed by atoms with Gasteiger partial charge in [-0.25, -0.2) is 0 Å². The highest BCUT2D eigenvalue weighted by Crippen LogP contribution is 2.26. The lowest BCUT2D eigenvalue weighted by molar-refractivity contribution is 0.152. The second-order valence-corrected chi connectivity index (χ2v) is 7.59. The first-order valence-electron chi connectivity index (χ1n) is 7.44. The number of rotatable bonds is 4. The molecule has 0 amide bonds. The molecule has 5 nitrogen and oxygen atoms in total. The van der Waals surface area contributed by atoms with Crippen molar-refractivity contribution in [1.82, 2.24) is 9.03 Å². The molecule has 1 saturated carbocycles. The van der Waals surface area contributed by atoms with Crippen LogP contribution in [0.4, 0.5) is 0 Å². The smallest absolute Gasteiger partial charge is 0.280 e. The van der Waals surface area contributed by atoms with Crippen molar-refractivity contribution in [2.24, 2.45) is 5.92 Å². The summed E-state index contributed by atoms with van der Waals surface area (Å²) in [4.78, 5) is 0. The third kappa shape index (κ3) is 3.68. The SMILES string of the molecule is CC1CCCCC1NS(=O)(=O)N1CCCCC1CO. The van der Waals surface area contributed by atoms with E-state index in [2.05, 4.69) is 11.6 Å². The molecule has 0 spiro atoms. The third-order valence-electron chi connectivity index (χ3n) is 4.50. The second-order valence-electron chi connectivity index (χ2n) is 5.93. The Kier molecular flexibility index (Phi) is 5.22. The van der Waals surface area contributed by atoms with Crippen LogP contribution >= 0.6 is 0 Å². The quantitative estimate of drug-likeness (QED) is 0.818. The zero-order chi connectivity index (χ0) is 13.9. The molecular weight excluding hydrogens is 264 g/mol. The Morgan fingerprint density at radius 1 is 1.16 bits per heavy atom. The molecule has 2 rings (SSSR count). The maximum Gasteiger partial charge on any atom is 0.280 e. The highest BCUT2D eigenvalue weighted by atomic mass is 32.2. The van der Waals surface area contributed by atoms with Crippen LogP contribution in [0.5, 0.6) is 0 Å². The zero-order valence-electron chi connectivity index (χ0n) is 11.7. The summed E-state index contributed by atoms with van der Waals surface area (Å²) < 4.78 is 29.3. The van der Waals surface area contributed by atoms with Gasteiger partial charge in [0.1, 0.15) is 0 Å². The molecule has 2 fully saturated rings. The highest BCUT2D eigenvalue weighted by Gasteiger charge is 2.34. The van der Waals surface area contributed by atoms with E-state index in [9.17, 15) is 13.5 Å². The molecule has 0 aromatic rings. The molecule has 0 radical (unpaired) electrons. The van der Waals surface area contributed by atoms with E-state index in [0.29, 0.717) is 12.5 Å². The minimum absolute atomic E-state index is 0.0556. The predicted molar refractivity (Wildman–Crippen MR) is 74.9 cm³/mol. The number of nitrogens with one attached hydrogen (secondary N) is 1. The first-order valence-corrected chi connectivity index (χ1v) is 8.88. The molecule has 6 heteroatoms. The van der Waals surface area contributed by atoms with Gasteiger partial charge in [0.25, 0.3) is 10.2 Å². The monoisotopic (exact) mass is 290 g/mol. The Balaban J connectivity index is 2.03.